The van der Waals surface area contributed by atoms with E-state index in [0.717, 1.165) is 7.11 Å². The average Bonchev–Trinajstić information content (AvgIpc) is 3.96. The van der Waals surface area contributed by atoms with E-state index in [2.05, 4.69) is 20.1 Å². The molecule has 0 unspecified atom stereocenters. The Bertz CT molecular complexity index is 1810. The first-order valence-electron chi connectivity index (χ1n) is 19.0. The number of aliphatic carboxylic acids is 1. The van der Waals surface area contributed by atoms with Crippen LogP contribution >= 0.6 is 0 Å². The van der Waals surface area contributed by atoms with Crippen molar-refractivity contribution in [3.05, 3.63) is 30.1 Å². The van der Waals surface area contributed by atoms with Gasteiger partial charge < -0.3 is 46.0 Å². The lowest BCUT2D eigenvalue weighted by Crippen LogP contribution is -2.59. The molecule has 322 valence electrons. The summed E-state index contributed by atoms with van der Waals surface area (Å²) in [6.07, 6.45) is 6.03. The van der Waals surface area contributed by atoms with Gasteiger partial charge in [-0.3, -0.25) is 42.5 Å². The summed E-state index contributed by atoms with van der Waals surface area (Å²) in [6, 6.07) is -1.51. The minimum Gasteiger partial charge on any atom is -0.726 e. The zero-order valence-electron chi connectivity index (χ0n) is 33.1. The van der Waals surface area contributed by atoms with Crippen LogP contribution in [-0.4, -0.2) is 144 Å². The molecule has 0 bridgehead atoms. The summed E-state index contributed by atoms with van der Waals surface area (Å²) in [5.74, 6) is -5.10. The molecule has 3 aliphatic heterocycles. The Labute approximate surface area is 336 Å². The van der Waals surface area contributed by atoms with Gasteiger partial charge in [-0.05, 0) is 63.4 Å². The monoisotopic (exact) mass is 838 g/mol. The second kappa shape index (κ2) is 21.5. The molecule has 4 heterocycles. The average molecular weight is 839 g/mol. The molecule has 6 N–H and O–H groups in total. The third-order valence-electron chi connectivity index (χ3n) is 9.91. The number of carboxylic acid groups (broad SMARTS) is 1. The predicted molar refractivity (Wildman–Crippen MR) is 200 cm³/mol. The maximum absolute atomic E-state index is 13.9. The number of primary amides is 1. The number of nitrogens with zero attached hydrogens (tertiary/aromatic N) is 4. The predicted octanol–water partition coefficient (Wildman–Crippen LogP) is -2.33. The van der Waals surface area contributed by atoms with E-state index in [9.17, 15) is 51.3 Å². The molecule has 21 nitrogen and oxygen atoms in total. The zero-order valence-corrected chi connectivity index (χ0v) is 33.9. The van der Waals surface area contributed by atoms with E-state index >= 15 is 0 Å². The van der Waals surface area contributed by atoms with Crippen LogP contribution in [0.4, 0.5) is 0 Å². The van der Waals surface area contributed by atoms with Gasteiger partial charge in [0.15, 0.2) is 12.4 Å². The fourth-order valence-electron chi connectivity index (χ4n) is 7.21. The van der Waals surface area contributed by atoms with Gasteiger partial charge in [-0.25, -0.2) is 13.0 Å². The molecule has 0 aliphatic carbocycles. The summed E-state index contributed by atoms with van der Waals surface area (Å²) in [4.78, 5) is 108. The molecule has 1 aromatic rings. The van der Waals surface area contributed by atoms with Gasteiger partial charge in [0, 0.05) is 32.1 Å². The highest BCUT2D eigenvalue weighted by molar-refractivity contribution is 7.80. The summed E-state index contributed by atoms with van der Waals surface area (Å²) in [5, 5.41) is 16.7. The molecular formula is C36H54N8O13S. The van der Waals surface area contributed by atoms with Crippen LogP contribution in [0.15, 0.2) is 24.5 Å². The van der Waals surface area contributed by atoms with Gasteiger partial charge in [-0.1, -0.05) is 13.8 Å². The second-order valence-electron chi connectivity index (χ2n) is 14.7. The number of aromatic nitrogens is 1. The summed E-state index contributed by atoms with van der Waals surface area (Å²) < 4.78 is 32.8. The van der Waals surface area contributed by atoms with Gasteiger partial charge in [0.05, 0.1) is 7.11 Å². The number of hydrogen-bond donors (Lipinski definition) is 5. The molecule has 0 aromatic carbocycles. The Balaban J connectivity index is 0.00000139. The van der Waals surface area contributed by atoms with Crippen molar-refractivity contribution in [1.29, 1.82) is 0 Å². The molecule has 58 heavy (non-hydrogen) atoms. The molecule has 0 spiro atoms. The number of carboxylic acids is 1. The Kier molecular flexibility index (Phi) is 17.5. The standard InChI is InChI=1S/C35H50N8O9.CH4O4S/c1-21(2)18-24(34(51)41-15-5-9-25(41)31(48)37-19-29(45)46)39-30(47)23(12-13-28(36)44)38-32(49)26-10-6-16-42(26)35(52)27-11-7-17-43(27)33(50)22-8-4-14-40(3)20-22;1-5-6(2,3)4/h4,8,14,20-21,23-27H,5-7,9-13,15-19H2,1-3H3,(H5-,36,37,38,39,44,45,46,47,48,49);1H3,(H,2,3,4)/t23-,24-,25-,26-,27-;/m0./s1. The number of pyridine rings is 1. The van der Waals surface area contributed by atoms with Crippen LogP contribution in [0.1, 0.15) is 82.0 Å². The fourth-order valence-corrected chi connectivity index (χ4v) is 7.21. The zero-order chi connectivity index (χ0) is 43.3. The van der Waals surface area contributed by atoms with Crippen LogP contribution in [0.25, 0.3) is 0 Å². The number of carbonyl (C=O) groups is 8. The highest BCUT2D eigenvalue weighted by Crippen LogP contribution is 2.27. The topological polar surface area (TPSA) is 299 Å². The number of amides is 7. The molecular weight excluding hydrogens is 785 g/mol. The summed E-state index contributed by atoms with van der Waals surface area (Å²) >= 11 is 0. The summed E-state index contributed by atoms with van der Waals surface area (Å²) in [7, 11) is -1.81. The summed E-state index contributed by atoms with van der Waals surface area (Å²) in [5.41, 5.74) is 5.84. The van der Waals surface area contributed by atoms with Crippen molar-refractivity contribution in [2.45, 2.75) is 102 Å². The van der Waals surface area contributed by atoms with Crippen LogP contribution in [0.2, 0.25) is 0 Å². The van der Waals surface area contributed by atoms with Crippen LogP contribution in [0.3, 0.4) is 0 Å². The van der Waals surface area contributed by atoms with E-state index in [0.29, 0.717) is 50.6 Å². The van der Waals surface area contributed by atoms with Crippen molar-refractivity contribution in [2.24, 2.45) is 18.7 Å². The van der Waals surface area contributed by atoms with Gasteiger partial charge in [0.25, 0.3) is 5.91 Å². The van der Waals surface area contributed by atoms with Gasteiger partial charge in [-0.15, -0.1) is 0 Å². The number of likely N-dealkylation sites (tertiary alicyclic amines) is 3. The molecule has 3 aliphatic rings. The highest BCUT2D eigenvalue weighted by Gasteiger charge is 2.44. The van der Waals surface area contributed by atoms with E-state index in [4.69, 9.17) is 10.8 Å². The number of hydrogen-bond acceptors (Lipinski definition) is 12. The Morgan fingerprint density at radius 3 is 2.03 bits per heavy atom. The van der Waals surface area contributed by atoms with E-state index in [1.807, 2.05) is 13.8 Å². The van der Waals surface area contributed by atoms with Crippen molar-refractivity contribution in [3.63, 3.8) is 0 Å². The highest BCUT2D eigenvalue weighted by atomic mass is 32.3. The lowest BCUT2D eigenvalue weighted by Gasteiger charge is -2.32. The van der Waals surface area contributed by atoms with E-state index < -0.39 is 82.7 Å². The van der Waals surface area contributed by atoms with Crippen LogP contribution in [-0.2, 0) is 55.2 Å². The number of rotatable bonds is 16. The van der Waals surface area contributed by atoms with Crippen LogP contribution < -0.4 is 26.3 Å². The number of nitrogens with one attached hydrogen (secondary N) is 3. The smallest absolute Gasteiger partial charge is 0.322 e. The quantitative estimate of drug-likeness (QED) is 0.0664. The minimum absolute atomic E-state index is 0.0698. The normalized spacial score (nSPS) is 20.1. The largest absolute Gasteiger partial charge is 0.726 e. The molecule has 1 aromatic heterocycles. The van der Waals surface area contributed by atoms with Gasteiger partial charge in [-0.2, -0.15) is 0 Å². The molecule has 0 saturated carbocycles. The SMILES string of the molecule is CC(C)C[C@H](NC(=O)[C@H](CCC(N)=O)NC(=O)[C@@H]1CCCN1C(=O)[C@@H]1CCCN1C(=O)c1ccc[n+](C)c1)C(=O)N1CCC[C@H]1C(=O)NCC(=O)O.COS(=O)(=O)[O-]. The van der Waals surface area contributed by atoms with Gasteiger partial charge in [0.1, 0.15) is 49.4 Å². The van der Waals surface area contributed by atoms with Crippen molar-refractivity contribution < 1.29 is 65.2 Å². The first-order chi connectivity index (χ1) is 27.2. The first kappa shape index (κ1) is 47.2. The van der Waals surface area contributed by atoms with Crippen molar-refractivity contribution in [1.82, 2.24) is 30.7 Å². The van der Waals surface area contributed by atoms with E-state index in [1.165, 1.54) is 9.80 Å². The molecule has 4 rings (SSSR count). The molecule has 3 saturated heterocycles. The van der Waals surface area contributed by atoms with Crippen molar-refractivity contribution >= 4 is 57.7 Å². The molecule has 22 heteroatoms. The maximum Gasteiger partial charge on any atom is 0.322 e. The molecule has 7 amide bonds. The number of carbonyl (C=O) groups excluding carboxylic acids is 7. The Morgan fingerprint density at radius 2 is 1.48 bits per heavy atom. The van der Waals surface area contributed by atoms with Crippen molar-refractivity contribution in [3.8, 4) is 0 Å². The van der Waals surface area contributed by atoms with Crippen LogP contribution in [0.5, 0.6) is 0 Å². The first-order valence-corrected chi connectivity index (χ1v) is 20.3. The molecule has 5 atom stereocenters. The lowest BCUT2D eigenvalue weighted by atomic mass is 10.0. The third kappa shape index (κ3) is 13.7. The number of aryl methyl sites for hydroxylation is 1. The molecule has 3 fully saturated rings. The van der Waals surface area contributed by atoms with Gasteiger partial charge in [0.2, 0.25) is 45.8 Å². The second-order valence-corrected chi connectivity index (χ2v) is 15.9. The molecule has 0 radical (unpaired) electrons. The lowest BCUT2D eigenvalue weighted by molar-refractivity contribution is -0.671. The Hall–Kier alpha value is -5.22. The van der Waals surface area contributed by atoms with Gasteiger partial charge >= 0.3 is 5.97 Å². The number of nitrogens with two attached hydrogens (primary N) is 1. The van der Waals surface area contributed by atoms with E-state index in [-0.39, 0.29) is 50.1 Å². The summed E-state index contributed by atoms with van der Waals surface area (Å²) in [6.45, 7) is 4.02. The van der Waals surface area contributed by atoms with Crippen LogP contribution in [0, 0.1) is 5.92 Å². The Morgan fingerprint density at radius 1 is 0.914 bits per heavy atom. The van der Waals surface area contributed by atoms with E-state index in [1.54, 1.807) is 41.0 Å². The maximum atomic E-state index is 13.9. The van der Waals surface area contributed by atoms with Crippen molar-refractivity contribution in [2.75, 3.05) is 33.3 Å². The third-order valence-corrected chi connectivity index (χ3v) is 10.3. The fraction of sp³-hybridized carbons (Fsp3) is 0.639. The minimum atomic E-state index is -4.41.